The third-order valence-corrected chi connectivity index (χ3v) is 4.53. The van der Waals surface area contributed by atoms with Gasteiger partial charge in [-0.15, -0.1) is 0 Å². The van der Waals surface area contributed by atoms with Gasteiger partial charge in [-0.1, -0.05) is 33.6 Å². The summed E-state index contributed by atoms with van der Waals surface area (Å²) in [5.74, 6) is 1.86. The van der Waals surface area contributed by atoms with Crippen LogP contribution in [-0.2, 0) is 0 Å². The highest BCUT2D eigenvalue weighted by atomic mass is 15.1. The van der Waals surface area contributed by atoms with Crippen molar-refractivity contribution in [1.29, 1.82) is 0 Å². The van der Waals surface area contributed by atoms with E-state index in [2.05, 4.69) is 38.0 Å². The van der Waals surface area contributed by atoms with Crippen LogP contribution in [0.1, 0.15) is 59.3 Å². The molecule has 18 heavy (non-hydrogen) atoms. The van der Waals surface area contributed by atoms with Crippen LogP contribution >= 0.6 is 0 Å². The van der Waals surface area contributed by atoms with E-state index in [4.69, 9.17) is 0 Å². The number of nitrogens with zero attached hydrogens (tertiary/aromatic N) is 1. The molecule has 1 saturated carbocycles. The summed E-state index contributed by atoms with van der Waals surface area (Å²) >= 11 is 0. The summed E-state index contributed by atoms with van der Waals surface area (Å²) in [5.41, 5.74) is 0. The molecule has 1 rings (SSSR count). The molecule has 0 saturated heterocycles. The van der Waals surface area contributed by atoms with E-state index >= 15 is 0 Å². The minimum absolute atomic E-state index is 0.770. The molecule has 2 nitrogen and oxygen atoms in total. The molecule has 1 aliphatic rings. The van der Waals surface area contributed by atoms with Gasteiger partial charge in [-0.3, -0.25) is 0 Å². The summed E-state index contributed by atoms with van der Waals surface area (Å²) in [7, 11) is 2.26. The highest BCUT2D eigenvalue weighted by molar-refractivity contribution is 4.86. The van der Waals surface area contributed by atoms with E-state index in [0.717, 1.165) is 17.9 Å². The molecule has 3 atom stereocenters. The molecule has 0 aliphatic heterocycles. The normalized spacial score (nSPS) is 28.8. The largest absolute Gasteiger partial charge is 0.314 e. The fraction of sp³-hybridized carbons (Fsp3) is 1.00. The highest BCUT2D eigenvalue weighted by Crippen LogP contribution is 2.32. The van der Waals surface area contributed by atoms with E-state index in [0.29, 0.717) is 0 Å². The van der Waals surface area contributed by atoms with Crippen LogP contribution in [0, 0.1) is 11.8 Å². The van der Waals surface area contributed by atoms with Crippen molar-refractivity contribution >= 4 is 0 Å². The van der Waals surface area contributed by atoms with E-state index in [1.807, 2.05) is 0 Å². The van der Waals surface area contributed by atoms with Crippen molar-refractivity contribution in [3.05, 3.63) is 0 Å². The number of rotatable bonds is 8. The second-order valence-electron chi connectivity index (χ2n) is 6.14. The van der Waals surface area contributed by atoms with Crippen molar-refractivity contribution in [3.63, 3.8) is 0 Å². The number of hydrogen-bond donors (Lipinski definition) is 1. The van der Waals surface area contributed by atoms with Crippen LogP contribution in [-0.4, -0.2) is 37.6 Å². The van der Waals surface area contributed by atoms with Crippen LogP contribution in [0.3, 0.4) is 0 Å². The Morgan fingerprint density at radius 1 is 1.11 bits per heavy atom. The topological polar surface area (TPSA) is 15.3 Å². The second kappa shape index (κ2) is 8.92. The number of nitrogens with one attached hydrogen (secondary N) is 1. The Labute approximate surface area is 115 Å². The molecule has 1 N–H and O–H groups in total. The zero-order chi connectivity index (χ0) is 13.4. The lowest BCUT2D eigenvalue weighted by Gasteiger charge is -2.38. The average molecular weight is 254 g/mol. The fourth-order valence-electron chi connectivity index (χ4n) is 3.36. The lowest BCUT2D eigenvalue weighted by atomic mass is 9.76. The first-order chi connectivity index (χ1) is 8.71. The van der Waals surface area contributed by atoms with E-state index in [1.54, 1.807) is 0 Å². The molecular weight excluding hydrogens is 220 g/mol. The van der Waals surface area contributed by atoms with E-state index in [-0.39, 0.29) is 0 Å². The first kappa shape index (κ1) is 16.0. The standard InChI is InChI=1S/C16H34N2/c1-5-8-14-9-10-16(17-11-6-2)15(12-14)13-18(4)7-3/h14-17H,5-13H2,1-4H3. The summed E-state index contributed by atoms with van der Waals surface area (Å²) in [6.07, 6.45) is 8.33. The predicted octanol–water partition coefficient (Wildman–Crippen LogP) is 3.52. The summed E-state index contributed by atoms with van der Waals surface area (Å²) in [6, 6.07) is 0.770. The van der Waals surface area contributed by atoms with Gasteiger partial charge in [-0.25, -0.2) is 0 Å². The monoisotopic (exact) mass is 254 g/mol. The zero-order valence-corrected chi connectivity index (χ0v) is 13.0. The van der Waals surface area contributed by atoms with Crippen molar-refractivity contribution in [3.8, 4) is 0 Å². The first-order valence-electron chi connectivity index (χ1n) is 8.13. The molecule has 108 valence electrons. The second-order valence-corrected chi connectivity index (χ2v) is 6.14. The van der Waals surface area contributed by atoms with E-state index < -0.39 is 0 Å². The van der Waals surface area contributed by atoms with Gasteiger partial charge in [0, 0.05) is 12.6 Å². The van der Waals surface area contributed by atoms with Gasteiger partial charge in [0.2, 0.25) is 0 Å². The summed E-state index contributed by atoms with van der Waals surface area (Å²) in [6.45, 7) is 10.5. The number of hydrogen-bond acceptors (Lipinski definition) is 2. The van der Waals surface area contributed by atoms with Gasteiger partial charge in [0.1, 0.15) is 0 Å². The molecule has 0 spiro atoms. The zero-order valence-electron chi connectivity index (χ0n) is 13.0. The van der Waals surface area contributed by atoms with Crippen LogP contribution in [0.2, 0.25) is 0 Å². The van der Waals surface area contributed by atoms with Gasteiger partial charge < -0.3 is 10.2 Å². The Bertz CT molecular complexity index is 205. The van der Waals surface area contributed by atoms with Gasteiger partial charge in [-0.05, 0) is 57.7 Å². The van der Waals surface area contributed by atoms with Gasteiger partial charge in [0.05, 0.1) is 0 Å². The smallest absolute Gasteiger partial charge is 0.0108 e. The van der Waals surface area contributed by atoms with Crippen LogP contribution in [0.5, 0.6) is 0 Å². The Morgan fingerprint density at radius 2 is 1.89 bits per heavy atom. The van der Waals surface area contributed by atoms with E-state index in [9.17, 15) is 0 Å². The average Bonchev–Trinajstić information content (AvgIpc) is 2.38. The molecule has 0 radical (unpaired) electrons. The Hall–Kier alpha value is -0.0800. The third kappa shape index (κ3) is 5.27. The minimum Gasteiger partial charge on any atom is -0.314 e. The Balaban J connectivity index is 2.49. The summed E-state index contributed by atoms with van der Waals surface area (Å²) in [4.78, 5) is 2.49. The lowest BCUT2D eigenvalue weighted by Crippen LogP contribution is -2.45. The maximum atomic E-state index is 3.79. The quantitative estimate of drug-likeness (QED) is 0.713. The van der Waals surface area contributed by atoms with Crippen LogP contribution in [0.25, 0.3) is 0 Å². The fourth-order valence-corrected chi connectivity index (χ4v) is 3.36. The van der Waals surface area contributed by atoms with Gasteiger partial charge in [-0.2, -0.15) is 0 Å². The first-order valence-corrected chi connectivity index (χ1v) is 8.13. The van der Waals surface area contributed by atoms with Crippen LogP contribution in [0.4, 0.5) is 0 Å². The van der Waals surface area contributed by atoms with Gasteiger partial charge in [0.15, 0.2) is 0 Å². The highest BCUT2D eigenvalue weighted by Gasteiger charge is 2.30. The molecule has 0 aromatic carbocycles. The summed E-state index contributed by atoms with van der Waals surface area (Å²) < 4.78 is 0. The SMILES string of the molecule is CCCNC1CCC(CCC)CC1CN(C)CC. The van der Waals surface area contributed by atoms with Crippen LogP contribution in [0.15, 0.2) is 0 Å². The molecule has 0 aromatic heterocycles. The molecule has 3 unspecified atom stereocenters. The molecule has 0 bridgehead atoms. The predicted molar refractivity (Wildman–Crippen MR) is 81.0 cm³/mol. The summed E-state index contributed by atoms with van der Waals surface area (Å²) in [5, 5.41) is 3.79. The molecule has 1 aliphatic carbocycles. The van der Waals surface area contributed by atoms with E-state index in [1.165, 1.54) is 58.2 Å². The van der Waals surface area contributed by atoms with Crippen molar-refractivity contribution in [2.45, 2.75) is 65.3 Å². The van der Waals surface area contributed by atoms with Gasteiger partial charge >= 0.3 is 0 Å². The molecule has 0 heterocycles. The molecule has 1 fully saturated rings. The Kier molecular flexibility index (Phi) is 7.92. The molecule has 0 aromatic rings. The molecule has 2 heteroatoms. The van der Waals surface area contributed by atoms with Crippen molar-refractivity contribution in [2.24, 2.45) is 11.8 Å². The third-order valence-electron chi connectivity index (χ3n) is 4.53. The maximum Gasteiger partial charge on any atom is 0.0108 e. The van der Waals surface area contributed by atoms with Crippen LogP contribution < -0.4 is 5.32 Å². The van der Waals surface area contributed by atoms with Crippen molar-refractivity contribution < 1.29 is 0 Å². The van der Waals surface area contributed by atoms with Crippen molar-refractivity contribution in [2.75, 3.05) is 26.7 Å². The van der Waals surface area contributed by atoms with Gasteiger partial charge in [0.25, 0.3) is 0 Å². The minimum atomic E-state index is 0.770. The molecular formula is C16H34N2. The lowest BCUT2D eigenvalue weighted by molar-refractivity contribution is 0.152. The Morgan fingerprint density at radius 3 is 2.50 bits per heavy atom. The molecule has 0 amide bonds. The van der Waals surface area contributed by atoms with Crippen molar-refractivity contribution in [1.82, 2.24) is 10.2 Å². The maximum absolute atomic E-state index is 3.79.